The Morgan fingerprint density at radius 2 is 2.33 bits per heavy atom. The molecule has 0 saturated heterocycles. The van der Waals surface area contributed by atoms with Crippen LogP contribution in [0.15, 0.2) is 17.4 Å². The fourth-order valence-corrected chi connectivity index (χ4v) is 1.18. The molecule has 0 atom stereocenters. The molecule has 0 radical (unpaired) electrons. The molecule has 12 heavy (non-hydrogen) atoms. The summed E-state index contributed by atoms with van der Waals surface area (Å²) >= 11 is 0. The molecule has 0 aliphatic rings. The summed E-state index contributed by atoms with van der Waals surface area (Å²) in [6.07, 6.45) is 5.72. The number of hydrogen-bond donors (Lipinski definition) is 0. The topological polar surface area (TPSA) is 42.3 Å². The van der Waals surface area contributed by atoms with Gasteiger partial charge in [0.05, 0.1) is 11.9 Å². The zero-order chi connectivity index (χ0) is 8.97. The molecule has 0 aromatic carbocycles. The van der Waals surface area contributed by atoms with Crippen molar-refractivity contribution >= 4 is 11.8 Å². The molecule has 3 nitrogen and oxygen atoms in total. The van der Waals surface area contributed by atoms with E-state index in [1.165, 1.54) is 6.08 Å². The zero-order valence-electron chi connectivity index (χ0n) is 7.16. The monoisotopic (exact) mass is 162 g/mol. The van der Waals surface area contributed by atoms with Gasteiger partial charge in [-0.05, 0) is 24.5 Å². The first-order valence-corrected chi connectivity index (χ1v) is 3.81. The van der Waals surface area contributed by atoms with E-state index in [2.05, 4.69) is 9.98 Å². The zero-order valence-corrected chi connectivity index (χ0v) is 7.16. The van der Waals surface area contributed by atoms with Gasteiger partial charge >= 0.3 is 0 Å². The van der Waals surface area contributed by atoms with Crippen LogP contribution < -0.4 is 0 Å². The molecular formula is C9H10N2O. The van der Waals surface area contributed by atoms with Crippen LogP contribution in [0.2, 0.25) is 0 Å². The SMILES string of the molecule is CCc1c(C)cncc1N=C=O. The van der Waals surface area contributed by atoms with Crippen molar-refractivity contribution in [1.29, 1.82) is 0 Å². The van der Waals surface area contributed by atoms with Gasteiger partial charge in [-0.25, -0.2) is 4.79 Å². The van der Waals surface area contributed by atoms with E-state index < -0.39 is 0 Å². The van der Waals surface area contributed by atoms with Crippen LogP contribution in [-0.2, 0) is 11.2 Å². The highest BCUT2D eigenvalue weighted by Crippen LogP contribution is 2.20. The smallest absolute Gasteiger partial charge is 0.240 e. The fourth-order valence-electron chi connectivity index (χ4n) is 1.18. The van der Waals surface area contributed by atoms with Crippen LogP contribution in [0.3, 0.4) is 0 Å². The second-order valence-electron chi connectivity index (χ2n) is 2.51. The van der Waals surface area contributed by atoms with Gasteiger partial charge < -0.3 is 0 Å². The molecule has 0 fully saturated rings. The van der Waals surface area contributed by atoms with Crippen molar-refractivity contribution in [2.45, 2.75) is 20.3 Å². The van der Waals surface area contributed by atoms with Gasteiger partial charge in [0.1, 0.15) is 0 Å². The van der Waals surface area contributed by atoms with Crippen LogP contribution in [0.1, 0.15) is 18.1 Å². The largest absolute Gasteiger partial charge is 0.262 e. The number of aliphatic imine (C=N–C) groups is 1. The first-order valence-electron chi connectivity index (χ1n) is 3.81. The Kier molecular flexibility index (Phi) is 2.72. The summed E-state index contributed by atoms with van der Waals surface area (Å²) in [6.45, 7) is 3.97. The lowest BCUT2D eigenvalue weighted by atomic mass is 10.1. The van der Waals surface area contributed by atoms with Crippen LogP contribution in [0.25, 0.3) is 0 Å². The maximum atomic E-state index is 10.0. The van der Waals surface area contributed by atoms with Crippen molar-refractivity contribution in [3.8, 4) is 0 Å². The molecule has 0 spiro atoms. The van der Waals surface area contributed by atoms with Crippen molar-refractivity contribution in [2.24, 2.45) is 4.99 Å². The van der Waals surface area contributed by atoms with Gasteiger partial charge in [-0.3, -0.25) is 4.98 Å². The van der Waals surface area contributed by atoms with Gasteiger partial charge in [0, 0.05) is 6.20 Å². The van der Waals surface area contributed by atoms with Crippen molar-refractivity contribution in [1.82, 2.24) is 4.98 Å². The van der Waals surface area contributed by atoms with Crippen LogP contribution >= 0.6 is 0 Å². The second-order valence-corrected chi connectivity index (χ2v) is 2.51. The molecule has 0 N–H and O–H groups in total. The van der Waals surface area contributed by atoms with E-state index in [0.29, 0.717) is 5.69 Å². The Balaban J connectivity index is 3.26. The Morgan fingerprint density at radius 3 is 2.92 bits per heavy atom. The van der Waals surface area contributed by atoms with E-state index in [1.807, 2.05) is 13.8 Å². The van der Waals surface area contributed by atoms with Gasteiger partial charge in [0.25, 0.3) is 0 Å². The molecule has 1 heterocycles. The second kappa shape index (κ2) is 3.79. The molecule has 0 bridgehead atoms. The molecule has 0 saturated carbocycles. The number of carbonyl (C=O) groups excluding carboxylic acids is 1. The third-order valence-corrected chi connectivity index (χ3v) is 1.77. The predicted octanol–water partition coefficient (Wildman–Crippen LogP) is 1.92. The van der Waals surface area contributed by atoms with Crippen molar-refractivity contribution in [2.75, 3.05) is 0 Å². The summed E-state index contributed by atoms with van der Waals surface area (Å²) in [5, 5.41) is 0. The number of pyridine rings is 1. The minimum atomic E-state index is 0.632. The lowest BCUT2D eigenvalue weighted by Gasteiger charge is -2.03. The summed E-state index contributed by atoms with van der Waals surface area (Å²) in [5.74, 6) is 0. The molecule has 62 valence electrons. The van der Waals surface area contributed by atoms with E-state index in [-0.39, 0.29) is 0 Å². The van der Waals surface area contributed by atoms with E-state index in [4.69, 9.17) is 0 Å². The van der Waals surface area contributed by atoms with Gasteiger partial charge in [-0.2, -0.15) is 4.99 Å². The van der Waals surface area contributed by atoms with Gasteiger partial charge in [0.2, 0.25) is 6.08 Å². The Labute approximate surface area is 71.2 Å². The minimum absolute atomic E-state index is 0.632. The van der Waals surface area contributed by atoms with E-state index in [9.17, 15) is 4.79 Å². The number of hydrogen-bond acceptors (Lipinski definition) is 3. The highest BCUT2D eigenvalue weighted by atomic mass is 16.1. The number of nitrogens with zero attached hydrogens (tertiary/aromatic N) is 2. The standard InChI is InChI=1S/C9H10N2O/c1-3-8-7(2)4-10-5-9(8)11-6-12/h4-5H,3H2,1-2H3. The molecule has 1 aromatic heterocycles. The summed E-state index contributed by atoms with van der Waals surface area (Å²) in [7, 11) is 0. The first-order chi connectivity index (χ1) is 5.79. The number of rotatable bonds is 2. The normalized spacial score (nSPS) is 9.17. The minimum Gasteiger partial charge on any atom is -0.262 e. The van der Waals surface area contributed by atoms with E-state index in [0.717, 1.165) is 17.5 Å². The summed E-state index contributed by atoms with van der Waals surface area (Å²) in [5.41, 5.74) is 2.76. The van der Waals surface area contributed by atoms with Crippen molar-refractivity contribution in [3.05, 3.63) is 23.5 Å². The van der Waals surface area contributed by atoms with Crippen molar-refractivity contribution < 1.29 is 4.79 Å². The highest BCUT2D eigenvalue weighted by Gasteiger charge is 2.01. The maximum Gasteiger partial charge on any atom is 0.240 e. The Morgan fingerprint density at radius 1 is 1.58 bits per heavy atom. The molecule has 0 aliphatic carbocycles. The predicted molar refractivity (Wildman–Crippen MR) is 46.1 cm³/mol. The lowest BCUT2D eigenvalue weighted by molar-refractivity contribution is 0.565. The molecule has 3 heteroatoms. The molecular weight excluding hydrogens is 152 g/mol. The molecule has 0 amide bonds. The summed E-state index contributed by atoms with van der Waals surface area (Å²) in [6, 6.07) is 0. The highest BCUT2D eigenvalue weighted by molar-refractivity contribution is 5.54. The molecule has 1 aromatic rings. The van der Waals surface area contributed by atoms with Crippen LogP contribution in [0, 0.1) is 6.92 Å². The van der Waals surface area contributed by atoms with Gasteiger partial charge in [0.15, 0.2) is 0 Å². The van der Waals surface area contributed by atoms with E-state index >= 15 is 0 Å². The number of isocyanates is 1. The van der Waals surface area contributed by atoms with Crippen LogP contribution in [0.5, 0.6) is 0 Å². The maximum absolute atomic E-state index is 10.0. The Hall–Kier alpha value is -1.47. The average molecular weight is 162 g/mol. The number of aromatic nitrogens is 1. The van der Waals surface area contributed by atoms with Gasteiger partial charge in [-0.1, -0.05) is 6.92 Å². The Bertz CT molecular complexity index is 327. The fraction of sp³-hybridized carbons (Fsp3) is 0.333. The lowest BCUT2D eigenvalue weighted by Crippen LogP contribution is -1.88. The third kappa shape index (κ3) is 1.57. The van der Waals surface area contributed by atoms with Gasteiger partial charge in [-0.15, -0.1) is 0 Å². The third-order valence-electron chi connectivity index (χ3n) is 1.77. The summed E-state index contributed by atoms with van der Waals surface area (Å²) < 4.78 is 0. The molecule has 0 unspecified atom stereocenters. The van der Waals surface area contributed by atoms with Crippen LogP contribution in [0.4, 0.5) is 5.69 Å². The first kappa shape index (κ1) is 8.62. The quantitative estimate of drug-likeness (QED) is 0.492. The van der Waals surface area contributed by atoms with Crippen LogP contribution in [-0.4, -0.2) is 11.1 Å². The summed E-state index contributed by atoms with van der Waals surface area (Å²) in [4.78, 5) is 17.5. The molecule has 1 rings (SSSR count). The van der Waals surface area contributed by atoms with E-state index in [1.54, 1.807) is 12.4 Å². The molecule has 0 aliphatic heterocycles. The average Bonchev–Trinajstić information content (AvgIpc) is 2.05. The van der Waals surface area contributed by atoms with Crippen molar-refractivity contribution in [3.63, 3.8) is 0 Å². The number of aryl methyl sites for hydroxylation is 1.